The molecule has 6 heteroatoms. The van der Waals surface area contributed by atoms with Crippen LogP contribution in [0, 0.1) is 12.3 Å². The number of phenols is 1. The van der Waals surface area contributed by atoms with E-state index in [1.807, 2.05) is 0 Å². The molecule has 1 heterocycles. The first-order valence-electron chi connectivity index (χ1n) is 6.22. The van der Waals surface area contributed by atoms with Gasteiger partial charge in [-0.25, -0.2) is 0 Å². The van der Waals surface area contributed by atoms with Gasteiger partial charge in [-0.05, 0) is 30.8 Å². The Hall–Kier alpha value is -2.39. The van der Waals surface area contributed by atoms with Crippen LogP contribution < -0.4 is 4.74 Å². The molecule has 1 saturated heterocycles. The molecule has 1 aliphatic heterocycles. The van der Waals surface area contributed by atoms with Crippen LogP contribution in [0.3, 0.4) is 0 Å². The number of rotatable bonds is 4. The van der Waals surface area contributed by atoms with E-state index >= 15 is 0 Å². The molecule has 0 unspecified atom stereocenters. The predicted molar refractivity (Wildman–Crippen MR) is 80.8 cm³/mol. The van der Waals surface area contributed by atoms with E-state index in [0.717, 1.165) is 16.7 Å². The van der Waals surface area contributed by atoms with Crippen LogP contribution in [0.1, 0.15) is 12.5 Å². The predicted octanol–water partition coefficient (Wildman–Crippen LogP) is 2.46. The highest BCUT2D eigenvalue weighted by Gasteiger charge is 2.34. The molecule has 2 amide bonds. The number of imide groups is 1. The van der Waals surface area contributed by atoms with Crippen LogP contribution in [-0.2, 0) is 4.79 Å². The molecule has 1 N–H and O–H groups in total. The molecule has 0 aliphatic carbocycles. The number of para-hydroxylation sites is 1. The van der Waals surface area contributed by atoms with Crippen molar-refractivity contribution in [3.63, 3.8) is 0 Å². The summed E-state index contributed by atoms with van der Waals surface area (Å²) in [6.07, 6.45) is 6.58. The van der Waals surface area contributed by atoms with Gasteiger partial charge in [-0.3, -0.25) is 14.5 Å². The molecule has 108 valence electrons. The molecule has 1 fully saturated rings. The van der Waals surface area contributed by atoms with E-state index in [1.165, 1.54) is 6.08 Å². The van der Waals surface area contributed by atoms with Gasteiger partial charge in [0.05, 0.1) is 18.1 Å². The fourth-order valence-electron chi connectivity index (χ4n) is 1.80. The number of hydrogen-bond acceptors (Lipinski definition) is 5. The summed E-state index contributed by atoms with van der Waals surface area (Å²) in [6, 6.07) is 4.95. The largest absolute Gasteiger partial charge is 0.504 e. The molecule has 5 nitrogen and oxygen atoms in total. The maximum absolute atomic E-state index is 12.0. The Morgan fingerprint density at radius 3 is 2.90 bits per heavy atom. The number of carbonyl (C=O) groups is 2. The maximum Gasteiger partial charge on any atom is 0.294 e. The number of aromatic hydroxyl groups is 1. The molecular formula is C15H13NO4S. The molecular weight excluding hydrogens is 290 g/mol. The van der Waals surface area contributed by atoms with Gasteiger partial charge in [0.1, 0.15) is 0 Å². The first kappa shape index (κ1) is 15.0. The molecule has 21 heavy (non-hydrogen) atoms. The third kappa shape index (κ3) is 3.03. The number of amides is 2. The zero-order valence-electron chi connectivity index (χ0n) is 11.3. The zero-order chi connectivity index (χ0) is 15.4. The molecule has 2 rings (SSSR count). The lowest BCUT2D eigenvalue weighted by Gasteiger charge is -2.08. The quantitative estimate of drug-likeness (QED) is 0.683. The third-order valence-corrected chi connectivity index (χ3v) is 3.65. The summed E-state index contributed by atoms with van der Waals surface area (Å²) in [5, 5.41) is 9.67. The van der Waals surface area contributed by atoms with Gasteiger partial charge in [0, 0.05) is 5.56 Å². The fraction of sp³-hybridized carbons (Fsp3) is 0.200. The number of ether oxygens (including phenoxy) is 1. The van der Waals surface area contributed by atoms with Crippen molar-refractivity contribution in [1.29, 1.82) is 0 Å². The Labute approximate surface area is 126 Å². The lowest BCUT2D eigenvalue weighted by Crippen LogP contribution is -2.28. The van der Waals surface area contributed by atoms with Crippen molar-refractivity contribution < 1.29 is 19.4 Å². The van der Waals surface area contributed by atoms with Crippen LogP contribution in [0.4, 0.5) is 4.79 Å². The Morgan fingerprint density at radius 2 is 2.24 bits per heavy atom. The number of benzene rings is 1. The van der Waals surface area contributed by atoms with Crippen molar-refractivity contribution in [2.45, 2.75) is 6.92 Å². The smallest absolute Gasteiger partial charge is 0.294 e. The van der Waals surface area contributed by atoms with Crippen LogP contribution in [-0.4, -0.2) is 34.3 Å². The zero-order valence-corrected chi connectivity index (χ0v) is 12.1. The van der Waals surface area contributed by atoms with Crippen LogP contribution in [0.15, 0.2) is 23.1 Å². The van der Waals surface area contributed by atoms with Crippen molar-refractivity contribution in [2.24, 2.45) is 0 Å². The second-order valence-electron chi connectivity index (χ2n) is 4.10. The van der Waals surface area contributed by atoms with Gasteiger partial charge in [-0.1, -0.05) is 18.1 Å². The number of phenolic OH excluding ortho intramolecular Hbond substituents is 1. The number of nitrogens with zero attached hydrogens (tertiary/aromatic N) is 1. The van der Waals surface area contributed by atoms with Gasteiger partial charge >= 0.3 is 0 Å². The Bertz CT molecular complexity index is 660. The van der Waals surface area contributed by atoms with E-state index in [9.17, 15) is 14.7 Å². The van der Waals surface area contributed by atoms with Crippen LogP contribution in [0.25, 0.3) is 6.08 Å². The molecule has 0 bridgehead atoms. The van der Waals surface area contributed by atoms with Gasteiger partial charge < -0.3 is 9.84 Å². The summed E-state index contributed by atoms with van der Waals surface area (Å²) in [5.74, 6) is 2.07. The topological polar surface area (TPSA) is 66.8 Å². The van der Waals surface area contributed by atoms with E-state index in [-0.39, 0.29) is 17.2 Å². The van der Waals surface area contributed by atoms with E-state index < -0.39 is 11.1 Å². The van der Waals surface area contributed by atoms with E-state index in [4.69, 9.17) is 11.2 Å². The molecule has 0 aromatic heterocycles. The highest BCUT2D eigenvalue weighted by atomic mass is 32.2. The minimum Gasteiger partial charge on any atom is -0.504 e. The minimum absolute atomic E-state index is 0.0625. The lowest BCUT2D eigenvalue weighted by molar-refractivity contribution is -0.122. The Morgan fingerprint density at radius 1 is 1.48 bits per heavy atom. The van der Waals surface area contributed by atoms with Gasteiger partial charge in [0.25, 0.3) is 11.1 Å². The maximum atomic E-state index is 12.0. The average molecular weight is 303 g/mol. The Kier molecular flexibility index (Phi) is 4.55. The molecule has 1 aliphatic rings. The molecule has 0 spiro atoms. The summed E-state index contributed by atoms with van der Waals surface area (Å²) in [5.41, 5.74) is 0.409. The van der Waals surface area contributed by atoms with E-state index in [1.54, 1.807) is 25.1 Å². The lowest BCUT2D eigenvalue weighted by atomic mass is 10.1. The summed E-state index contributed by atoms with van der Waals surface area (Å²) in [7, 11) is 0. The van der Waals surface area contributed by atoms with Crippen LogP contribution >= 0.6 is 11.8 Å². The second-order valence-corrected chi connectivity index (χ2v) is 5.09. The van der Waals surface area contributed by atoms with Crippen molar-refractivity contribution in [2.75, 3.05) is 13.2 Å². The minimum atomic E-state index is -0.454. The SMILES string of the molecule is C#CCN1C(=O)S/C(=C\c2cccc(OCC)c2O)C1=O. The van der Waals surface area contributed by atoms with Gasteiger partial charge in [-0.2, -0.15) is 0 Å². The highest BCUT2D eigenvalue weighted by Crippen LogP contribution is 2.36. The molecule has 0 atom stereocenters. The third-order valence-electron chi connectivity index (χ3n) is 2.74. The van der Waals surface area contributed by atoms with Crippen LogP contribution in [0.5, 0.6) is 11.5 Å². The van der Waals surface area contributed by atoms with Gasteiger partial charge in [0.2, 0.25) is 0 Å². The number of thioether (sulfide) groups is 1. The molecule has 0 radical (unpaired) electrons. The molecule has 1 aromatic rings. The summed E-state index contributed by atoms with van der Waals surface area (Å²) in [6.45, 7) is 2.15. The van der Waals surface area contributed by atoms with E-state index in [0.29, 0.717) is 17.9 Å². The molecule has 0 saturated carbocycles. The van der Waals surface area contributed by atoms with Gasteiger partial charge in [0.15, 0.2) is 11.5 Å². The first-order valence-corrected chi connectivity index (χ1v) is 7.03. The highest BCUT2D eigenvalue weighted by molar-refractivity contribution is 8.18. The standard InChI is InChI=1S/C15H13NO4S/c1-3-8-16-14(18)12(21-15(16)19)9-10-6-5-7-11(13(10)17)20-4-2/h1,5-7,9,17H,4,8H2,2H3/b12-9-. The number of hydrogen-bond donors (Lipinski definition) is 1. The molecule has 1 aromatic carbocycles. The van der Waals surface area contributed by atoms with E-state index in [2.05, 4.69) is 5.92 Å². The summed E-state index contributed by atoms with van der Waals surface area (Å²) >= 11 is 0.796. The number of terminal acetylenes is 1. The normalized spacial score (nSPS) is 16.4. The Balaban J connectivity index is 2.33. The van der Waals surface area contributed by atoms with Gasteiger partial charge in [-0.15, -0.1) is 6.42 Å². The summed E-state index contributed by atoms with van der Waals surface area (Å²) in [4.78, 5) is 24.9. The van der Waals surface area contributed by atoms with Crippen molar-refractivity contribution in [3.05, 3.63) is 28.7 Å². The van der Waals surface area contributed by atoms with Crippen molar-refractivity contribution >= 4 is 29.0 Å². The monoisotopic (exact) mass is 303 g/mol. The summed E-state index contributed by atoms with van der Waals surface area (Å²) < 4.78 is 5.27. The fourth-order valence-corrected chi connectivity index (χ4v) is 2.63. The second kappa shape index (κ2) is 6.37. The van der Waals surface area contributed by atoms with Crippen LogP contribution in [0.2, 0.25) is 0 Å². The number of carbonyl (C=O) groups excluding carboxylic acids is 2. The first-order chi connectivity index (χ1) is 10.1. The average Bonchev–Trinajstić information content (AvgIpc) is 2.71. The van der Waals surface area contributed by atoms with Crippen molar-refractivity contribution in [3.8, 4) is 23.8 Å². The van der Waals surface area contributed by atoms with Crippen molar-refractivity contribution in [1.82, 2.24) is 4.90 Å².